The lowest BCUT2D eigenvalue weighted by atomic mass is 9.81. The van der Waals surface area contributed by atoms with Crippen molar-refractivity contribution < 1.29 is 23.5 Å². The Hall–Kier alpha value is -3.15. The summed E-state index contributed by atoms with van der Waals surface area (Å²) in [5.41, 5.74) is 1.65. The van der Waals surface area contributed by atoms with Gasteiger partial charge in [-0.3, -0.25) is 14.4 Å². The number of nitrogens with zero attached hydrogens (tertiary/aromatic N) is 1. The lowest BCUT2D eigenvalue weighted by molar-refractivity contribution is -0.131. The van der Waals surface area contributed by atoms with Crippen molar-refractivity contribution in [2.75, 3.05) is 19.7 Å². The standard InChI is InChI=1S/C28H31NO5/c1-18(30)29-12-10-19(11-13-29)3-2-14-33-22-6-8-23-20(15-22)4-9-27-28(23)25(17-34-27)24-7-5-21(31)16-26(24)32/h4,6,8-9,15,17,19,24H,2-3,5,7,10-14,16H2,1H3/t24-/m1/s1. The van der Waals surface area contributed by atoms with Crippen LogP contribution in [0.3, 0.4) is 0 Å². The van der Waals surface area contributed by atoms with Gasteiger partial charge in [0.15, 0.2) is 0 Å². The first-order chi connectivity index (χ1) is 16.5. The predicted molar refractivity (Wildman–Crippen MR) is 130 cm³/mol. The van der Waals surface area contributed by atoms with Crippen molar-refractivity contribution in [1.82, 2.24) is 4.90 Å². The van der Waals surface area contributed by atoms with E-state index in [0.29, 0.717) is 25.4 Å². The van der Waals surface area contributed by atoms with Crippen molar-refractivity contribution >= 4 is 39.2 Å². The molecule has 2 aliphatic rings. The van der Waals surface area contributed by atoms with Crippen LogP contribution in [-0.2, 0) is 14.4 Å². The molecule has 1 aliphatic heterocycles. The Morgan fingerprint density at radius 1 is 1.12 bits per heavy atom. The number of amides is 1. The van der Waals surface area contributed by atoms with Crippen LogP contribution in [0.15, 0.2) is 41.0 Å². The second-order valence-corrected chi connectivity index (χ2v) is 9.73. The van der Waals surface area contributed by atoms with Crippen LogP contribution in [0.5, 0.6) is 5.75 Å². The SMILES string of the molecule is CC(=O)N1CCC(CCCOc2ccc3c(ccc4occ([C@H]5CCC(=O)CC5=O)c43)c2)CC1. The summed E-state index contributed by atoms with van der Waals surface area (Å²) in [5, 5.41) is 3.05. The molecule has 6 nitrogen and oxygen atoms in total. The molecule has 3 aromatic rings. The lowest BCUT2D eigenvalue weighted by Gasteiger charge is -2.31. The number of carbonyl (C=O) groups is 3. The molecule has 1 aromatic heterocycles. The molecule has 2 heterocycles. The summed E-state index contributed by atoms with van der Waals surface area (Å²) in [4.78, 5) is 37.6. The van der Waals surface area contributed by atoms with Crippen molar-refractivity contribution in [3.05, 3.63) is 42.2 Å². The molecule has 1 atom stereocenters. The maximum atomic E-state index is 12.5. The van der Waals surface area contributed by atoms with Crippen LogP contribution in [0.1, 0.15) is 63.4 Å². The van der Waals surface area contributed by atoms with E-state index in [1.54, 1.807) is 13.2 Å². The molecule has 0 radical (unpaired) electrons. The third-order valence-electron chi connectivity index (χ3n) is 7.49. The Kier molecular flexibility index (Phi) is 6.40. The topological polar surface area (TPSA) is 76.8 Å². The second-order valence-electron chi connectivity index (χ2n) is 9.73. The molecule has 178 valence electrons. The number of hydrogen-bond donors (Lipinski definition) is 0. The fraction of sp³-hybridized carbons (Fsp3) is 0.464. The lowest BCUT2D eigenvalue weighted by Crippen LogP contribution is -2.37. The number of rotatable bonds is 6. The quantitative estimate of drug-likeness (QED) is 0.362. The zero-order chi connectivity index (χ0) is 23.7. The Balaban J connectivity index is 1.24. The summed E-state index contributed by atoms with van der Waals surface area (Å²) in [7, 11) is 0. The van der Waals surface area contributed by atoms with Crippen molar-refractivity contribution in [3.63, 3.8) is 0 Å². The van der Waals surface area contributed by atoms with Gasteiger partial charge in [-0.2, -0.15) is 0 Å². The summed E-state index contributed by atoms with van der Waals surface area (Å²) >= 11 is 0. The molecule has 1 saturated carbocycles. The molecule has 34 heavy (non-hydrogen) atoms. The summed E-state index contributed by atoms with van der Waals surface area (Å²) in [5.74, 6) is 1.43. The summed E-state index contributed by atoms with van der Waals surface area (Å²) in [6, 6.07) is 10.0. The van der Waals surface area contributed by atoms with Crippen LogP contribution in [0.2, 0.25) is 0 Å². The van der Waals surface area contributed by atoms with E-state index in [0.717, 1.165) is 71.8 Å². The smallest absolute Gasteiger partial charge is 0.219 e. The molecule has 2 fully saturated rings. The molecule has 1 aliphatic carbocycles. The molecular formula is C28H31NO5. The van der Waals surface area contributed by atoms with Crippen LogP contribution in [0.25, 0.3) is 21.7 Å². The van der Waals surface area contributed by atoms with Crippen LogP contribution in [0.4, 0.5) is 0 Å². The molecule has 1 amide bonds. The molecule has 1 saturated heterocycles. The normalized spacial score (nSPS) is 19.8. The number of Topliss-reactive ketones (excluding diaryl/α,β-unsaturated/α-hetero) is 2. The minimum Gasteiger partial charge on any atom is -0.494 e. The van der Waals surface area contributed by atoms with Gasteiger partial charge >= 0.3 is 0 Å². The molecule has 0 N–H and O–H groups in total. The van der Waals surface area contributed by atoms with Gasteiger partial charge in [0.1, 0.15) is 22.9 Å². The van der Waals surface area contributed by atoms with E-state index in [-0.39, 0.29) is 29.8 Å². The average Bonchev–Trinajstić information content (AvgIpc) is 3.26. The fourth-order valence-corrected chi connectivity index (χ4v) is 5.52. The van der Waals surface area contributed by atoms with Crippen molar-refractivity contribution in [1.29, 1.82) is 0 Å². The van der Waals surface area contributed by atoms with E-state index >= 15 is 0 Å². The Bertz CT molecular complexity index is 1230. The molecule has 0 unspecified atom stereocenters. The number of benzene rings is 2. The third kappa shape index (κ3) is 4.59. The van der Waals surface area contributed by atoms with E-state index in [1.807, 2.05) is 35.2 Å². The van der Waals surface area contributed by atoms with E-state index in [2.05, 4.69) is 0 Å². The highest BCUT2D eigenvalue weighted by atomic mass is 16.5. The fourth-order valence-electron chi connectivity index (χ4n) is 5.52. The first-order valence-electron chi connectivity index (χ1n) is 12.4. The van der Waals surface area contributed by atoms with Crippen LogP contribution >= 0.6 is 0 Å². The Morgan fingerprint density at radius 3 is 2.71 bits per heavy atom. The van der Waals surface area contributed by atoms with Gasteiger partial charge < -0.3 is 14.1 Å². The highest BCUT2D eigenvalue weighted by Gasteiger charge is 2.31. The van der Waals surface area contributed by atoms with Gasteiger partial charge in [0.2, 0.25) is 5.91 Å². The van der Waals surface area contributed by atoms with Crippen molar-refractivity contribution in [2.45, 2.75) is 57.8 Å². The summed E-state index contributed by atoms with van der Waals surface area (Å²) in [6.07, 6.45) is 6.99. The van der Waals surface area contributed by atoms with Gasteiger partial charge in [0.05, 0.1) is 19.3 Å². The molecule has 0 spiro atoms. The van der Waals surface area contributed by atoms with E-state index in [9.17, 15) is 14.4 Å². The molecule has 2 aromatic carbocycles. The minimum atomic E-state index is -0.275. The maximum Gasteiger partial charge on any atom is 0.219 e. The number of fused-ring (bicyclic) bond motifs is 3. The minimum absolute atomic E-state index is 0.0112. The monoisotopic (exact) mass is 461 g/mol. The van der Waals surface area contributed by atoms with Gasteiger partial charge in [0.25, 0.3) is 0 Å². The van der Waals surface area contributed by atoms with Gasteiger partial charge in [0, 0.05) is 43.3 Å². The Morgan fingerprint density at radius 2 is 1.94 bits per heavy atom. The van der Waals surface area contributed by atoms with E-state index in [1.165, 1.54) is 0 Å². The number of ether oxygens (including phenoxy) is 1. The highest BCUT2D eigenvalue weighted by Crippen LogP contribution is 2.39. The predicted octanol–water partition coefficient (Wildman–Crippen LogP) is 5.41. The second kappa shape index (κ2) is 9.61. The number of ketones is 2. The van der Waals surface area contributed by atoms with Crippen molar-refractivity contribution in [3.8, 4) is 5.75 Å². The van der Waals surface area contributed by atoms with Gasteiger partial charge in [-0.05, 0) is 73.1 Å². The number of furan rings is 1. The number of hydrogen-bond acceptors (Lipinski definition) is 5. The van der Waals surface area contributed by atoms with E-state index < -0.39 is 0 Å². The first kappa shape index (κ1) is 22.6. The zero-order valence-electron chi connectivity index (χ0n) is 19.7. The molecule has 6 heteroatoms. The number of likely N-dealkylation sites (tertiary alicyclic amines) is 1. The molecular weight excluding hydrogens is 430 g/mol. The van der Waals surface area contributed by atoms with Gasteiger partial charge in [-0.15, -0.1) is 0 Å². The highest BCUT2D eigenvalue weighted by molar-refractivity contribution is 6.11. The third-order valence-corrected chi connectivity index (χ3v) is 7.49. The number of carbonyl (C=O) groups excluding carboxylic acids is 3. The van der Waals surface area contributed by atoms with Crippen LogP contribution in [-0.4, -0.2) is 42.1 Å². The van der Waals surface area contributed by atoms with Gasteiger partial charge in [-0.25, -0.2) is 0 Å². The van der Waals surface area contributed by atoms with Crippen LogP contribution < -0.4 is 4.74 Å². The van der Waals surface area contributed by atoms with E-state index in [4.69, 9.17) is 9.15 Å². The summed E-state index contributed by atoms with van der Waals surface area (Å²) < 4.78 is 11.8. The number of piperidine rings is 1. The summed E-state index contributed by atoms with van der Waals surface area (Å²) in [6.45, 7) is 4.06. The zero-order valence-corrected chi connectivity index (χ0v) is 19.7. The largest absolute Gasteiger partial charge is 0.494 e. The van der Waals surface area contributed by atoms with Crippen LogP contribution in [0, 0.1) is 5.92 Å². The molecule has 0 bridgehead atoms. The molecule has 5 rings (SSSR count). The van der Waals surface area contributed by atoms with Gasteiger partial charge in [-0.1, -0.05) is 6.07 Å². The van der Waals surface area contributed by atoms with Crippen molar-refractivity contribution in [2.24, 2.45) is 5.92 Å². The maximum absolute atomic E-state index is 12.5. The Labute approximate surface area is 199 Å². The first-order valence-corrected chi connectivity index (χ1v) is 12.4. The average molecular weight is 462 g/mol.